The average Bonchev–Trinajstić information content (AvgIpc) is 2.41. The van der Waals surface area contributed by atoms with Crippen LogP contribution in [-0.2, 0) is 6.54 Å². The van der Waals surface area contributed by atoms with Crippen LogP contribution in [0, 0.1) is 5.82 Å². The van der Waals surface area contributed by atoms with Gasteiger partial charge in [-0.15, -0.1) is 0 Å². The summed E-state index contributed by atoms with van der Waals surface area (Å²) in [4.78, 5) is 12.2. The molecule has 0 saturated carbocycles. The number of carbonyl (C=O) groups is 1. The zero-order chi connectivity index (χ0) is 18.0. The maximum absolute atomic E-state index is 13.7. The number of carbonyl (C=O) groups excluding carboxylic acids is 1. The summed E-state index contributed by atoms with van der Waals surface area (Å²) in [7, 11) is 1.42. The van der Waals surface area contributed by atoms with E-state index >= 15 is 0 Å². The second kappa shape index (κ2) is 6.97. The zero-order valence-corrected chi connectivity index (χ0v) is 15.1. The number of amides is 2. The van der Waals surface area contributed by atoms with E-state index in [-0.39, 0.29) is 35.4 Å². The van der Waals surface area contributed by atoms with Crippen molar-refractivity contribution < 1.29 is 13.9 Å². The summed E-state index contributed by atoms with van der Waals surface area (Å²) < 4.78 is 18.5. The highest BCUT2D eigenvalue weighted by molar-refractivity contribution is 5.74. The van der Waals surface area contributed by atoms with Crippen LogP contribution in [0.4, 0.5) is 9.18 Å². The lowest BCUT2D eigenvalue weighted by atomic mass is 9.80. The summed E-state index contributed by atoms with van der Waals surface area (Å²) in [5.41, 5.74) is 0.631. The Balaban J connectivity index is 1.88. The van der Waals surface area contributed by atoms with E-state index in [4.69, 9.17) is 4.74 Å². The molecule has 3 N–H and O–H groups in total. The molecule has 0 spiro atoms. The van der Waals surface area contributed by atoms with Crippen molar-refractivity contribution in [2.75, 3.05) is 7.11 Å². The predicted octanol–water partition coefficient (Wildman–Crippen LogP) is 2.94. The van der Waals surface area contributed by atoms with Crippen molar-refractivity contribution in [2.24, 2.45) is 0 Å². The van der Waals surface area contributed by atoms with Crippen LogP contribution in [0.3, 0.4) is 0 Å². The predicted molar refractivity (Wildman–Crippen MR) is 92.6 cm³/mol. The molecule has 1 fully saturated rings. The molecule has 0 atom stereocenters. The van der Waals surface area contributed by atoms with Crippen molar-refractivity contribution in [3.05, 3.63) is 29.6 Å². The number of benzene rings is 1. The molecular formula is C18H28FN3O2. The molecular weight excluding hydrogens is 309 g/mol. The van der Waals surface area contributed by atoms with E-state index in [0.29, 0.717) is 5.56 Å². The molecule has 1 aliphatic heterocycles. The van der Waals surface area contributed by atoms with Gasteiger partial charge >= 0.3 is 6.03 Å². The second-order valence-electron chi connectivity index (χ2n) is 7.79. The maximum atomic E-state index is 13.7. The van der Waals surface area contributed by atoms with Crippen LogP contribution in [0.2, 0.25) is 0 Å². The minimum Gasteiger partial charge on any atom is -0.494 e. The van der Waals surface area contributed by atoms with Gasteiger partial charge in [-0.1, -0.05) is 6.07 Å². The monoisotopic (exact) mass is 337 g/mol. The second-order valence-corrected chi connectivity index (χ2v) is 7.79. The van der Waals surface area contributed by atoms with Gasteiger partial charge in [0.15, 0.2) is 11.6 Å². The number of rotatable bonds is 4. The molecule has 24 heavy (non-hydrogen) atoms. The van der Waals surface area contributed by atoms with Crippen molar-refractivity contribution in [2.45, 2.75) is 64.2 Å². The first-order valence-electron chi connectivity index (χ1n) is 8.26. The van der Waals surface area contributed by atoms with Crippen LogP contribution in [0.15, 0.2) is 18.2 Å². The largest absolute Gasteiger partial charge is 0.494 e. The third kappa shape index (κ3) is 5.09. The molecule has 1 saturated heterocycles. The molecule has 1 aliphatic rings. The van der Waals surface area contributed by atoms with Gasteiger partial charge in [-0.2, -0.15) is 0 Å². The van der Waals surface area contributed by atoms with Crippen LogP contribution >= 0.6 is 0 Å². The van der Waals surface area contributed by atoms with E-state index in [9.17, 15) is 9.18 Å². The number of methoxy groups -OCH3 is 1. The molecule has 2 amide bonds. The van der Waals surface area contributed by atoms with Crippen molar-refractivity contribution in [1.82, 2.24) is 16.0 Å². The normalized spacial score (nSPS) is 19.6. The Bertz CT molecular complexity index is 586. The SMILES string of the molecule is COc1ccc(CNC(=O)NC2CC(C)(C)NC(C)(C)C2)cc1F. The van der Waals surface area contributed by atoms with Crippen molar-refractivity contribution in [3.8, 4) is 5.75 Å². The molecule has 2 rings (SSSR count). The average molecular weight is 337 g/mol. The van der Waals surface area contributed by atoms with Crippen LogP contribution in [0.25, 0.3) is 0 Å². The van der Waals surface area contributed by atoms with Gasteiger partial charge in [-0.3, -0.25) is 0 Å². The van der Waals surface area contributed by atoms with Crippen LogP contribution in [0.5, 0.6) is 5.75 Å². The summed E-state index contributed by atoms with van der Waals surface area (Å²) in [6.07, 6.45) is 1.72. The van der Waals surface area contributed by atoms with Crippen molar-refractivity contribution >= 4 is 6.03 Å². The molecule has 134 valence electrons. The highest BCUT2D eigenvalue weighted by atomic mass is 19.1. The van der Waals surface area contributed by atoms with Gasteiger partial charge in [0.2, 0.25) is 0 Å². The van der Waals surface area contributed by atoms with Gasteiger partial charge < -0.3 is 20.7 Å². The van der Waals surface area contributed by atoms with E-state index in [2.05, 4.69) is 43.6 Å². The lowest BCUT2D eigenvalue weighted by molar-refractivity contribution is 0.147. The van der Waals surface area contributed by atoms with Gasteiger partial charge in [0, 0.05) is 23.7 Å². The number of hydrogen-bond donors (Lipinski definition) is 3. The molecule has 0 unspecified atom stereocenters. The van der Waals surface area contributed by atoms with Gasteiger partial charge in [-0.25, -0.2) is 9.18 Å². The number of halogens is 1. The quantitative estimate of drug-likeness (QED) is 0.791. The third-order valence-corrected chi connectivity index (χ3v) is 4.19. The Labute approximate surface area is 143 Å². The maximum Gasteiger partial charge on any atom is 0.315 e. The number of urea groups is 1. The summed E-state index contributed by atoms with van der Waals surface area (Å²) >= 11 is 0. The summed E-state index contributed by atoms with van der Waals surface area (Å²) in [6.45, 7) is 8.83. The standard InChI is InChI=1S/C18H28FN3O2/c1-17(2)9-13(10-18(3,4)22-17)21-16(23)20-11-12-6-7-15(24-5)14(19)8-12/h6-8,13,22H,9-11H2,1-5H3,(H2,20,21,23). The van der Waals surface area contributed by atoms with Crippen molar-refractivity contribution in [1.29, 1.82) is 0 Å². The molecule has 0 bridgehead atoms. The fourth-order valence-electron chi connectivity index (χ4n) is 3.66. The van der Waals surface area contributed by atoms with E-state index in [1.165, 1.54) is 13.2 Å². The molecule has 0 aromatic heterocycles. The minimum atomic E-state index is -0.431. The number of nitrogens with one attached hydrogen (secondary N) is 3. The highest BCUT2D eigenvalue weighted by Crippen LogP contribution is 2.28. The van der Waals surface area contributed by atoms with Crippen LogP contribution in [-0.4, -0.2) is 30.3 Å². The molecule has 0 aliphatic carbocycles. The van der Waals surface area contributed by atoms with E-state index < -0.39 is 5.82 Å². The third-order valence-electron chi connectivity index (χ3n) is 4.19. The Kier molecular flexibility index (Phi) is 5.38. The van der Waals surface area contributed by atoms with E-state index in [0.717, 1.165) is 12.8 Å². The molecule has 5 nitrogen and oxygen atoms in total. The van der Waals surface area contributed by atoms with Gasteiger partial charge in [0.25, 0.3) is 0 Å². The summed E-state index contributed by atoms with van der Waals surface area (Å²) in [5.74, 6) is -0.235. The zero-order valence-electron chi connectivity index (χ0n) is 15.1. The molecule has 1 heterocycles. The first-order valence-corrected chi connectivity index (χ1v) is 8.26. The Hall–Kier alpha value is -1.82. The molecule has 0 radical (unpaired) electrons. The van der Waals surface area contributed by atoms with Gasteiger partial charge in [0.05, 0.1) is 7.11 Å². The summed E-state index contributed by atoms with van der Waals surface area (Å²) in [6, 6.07) is 4.53. The molecule has 6 heteroatoms. The number of hydrogen-bond acceptors (Lipinski definition) is 3. The summed E-state index contributed by atoms with van der Waals surface area (Å²) in [5, 5.41) is 9.40. The van der Waals surface area contributed by atoms with Gasteiger partial charge in [0.1, 0.15) is 0 Å². The van der Waals surface area contributed by atoms with E-state index in [1.54, 1.807) is 12.1 Å². The lowest BCUT2D eigenvalue weighted by Gasteiger charge is -2.46. The van der Waals surface area contributed by atoms with Crippen LogP contribution in [0.1, 0.15) is 46.1 Å². The lowest BCUT2D eigenvalue weighted by Crippen LogP contribution is -2.62. The fraction of sp³-hybridized carbons (Fsp3) is 0.611. The minimum absolute atomic E-state index is 0.0290. The van der Waals surface area contributed by atoms with Crippen LogP contribution < -0.4 is 20.7 Å². The highest BCUT2D eigenvalue weighted by Gasteiger charge is 2.38. The smallest absolute Gasteiger partial charge is 0.315 e. The Morgan fingerprint density at radius 3 is 2.46 bits per heavy atom. The first kappa shape index (κ1) is 18.5. The molecule has 1 aromatic carbocycles. The Morgan fingerprint density at radius 1 is 1.29 bits per heavy atom. The van der Waals surface area contributed by atoms with Gasteiger partial charge in [-0.05, 0) is 58.2 Å². The van der Waals surface area contributed by atoms with E-state index in [1.807, 2.05) is 0 Å². The topological polar surface area (TPSA) is 62.4 Å². The number of piperidine rings is 1. The first-order chi connectivity index (χ1) is 11.1. The fourth-order valence-corrected chi connectivity index (χ4v) is 3.66. The van der Waals surface area contributed by atoms with Crippen molar-refractivity contribution in [3.63, 3.8) is 0 Å². The number of ether oxygens (including phenoxy) is 1. The molecule has 1 aromatic rings. The Morgan fingerprint density at radius 2 is 1.92 bits per heavy atom.